The molecular weight excluding hydrogens is 460 g/mol. The third-order valence-electron chi connectivity index (χ3n) is 7.89. The summed E-state index contributed by atoms with van der Waals surface area (Å²) >= 11 is 0. The van der Waals surface area contributed by atoms with Gasteiger partial charge in [0.25, 0.3) is 0 Å². The van der Waals surface area contributed by atoms with E-state index >= 15 is 0 Å². The summed E-state index contributed by atoms with van der Waals surface area (Å²) in [5.74, 6) is -0.314. The second-order valence-corrected chi connectivity index (χ2v) is 10.1. The molecule has 2 saturated heterocycles. The van der Waals surface area contributed by atoms with Crippen molar-refractivity contribution in [3.05, 3.63) is 35.9 Å². The lowest BCUT2D eigenvalue weighted by Crippen LogP contribution is -2.63. The Kier molecular flexibility index (Phi) is 8.13. The van der Waals surface area contributed by atoms with Crippen molar-refractivity contribution in [2.45, 2.75) is 75.2 Å². The van der Waals surface area contributed by atoms with Crippen LogP contribution in [0.15, 0.2) is 30.3 Å². The Bertz CT molecular complexity index is 966. The lowest BCUT2D eigenvalue weighted by molar-refractivity contribution is -0.145. The SMILES string of the molecule is CNC(=O)N1CCC2CCC(C(=O)NC3CC(c4ccccc4)C3)N2C(=O)C(NC(=O)C(C)NC)C1. The van der Waals surface area contributed by atoms with Crippen LogP contribution in [0.3, 0.4) is 0 Å². The maximum absolute atomic E-state index is 13.8. The molecule has 4 N–H and O–H groups in total. The molecule has 0 radical (unpaired) electrons. The second kappa shape index (κ2) is 11.3. The molecule has 4 unspecified atom stereocenters. The molecule has 10 nitrogen and oxygen atoms in total. The molecule has 10 heteroatoms. The van der Waals surface area contributed by atoms with Gasteiger partial charge in [0.1, 0.15) is 12.1 Å². The Hall–Kier alpha value is -3.14. The zero-order valence-electron chi connectivity index (χ0n) is 21.3. The fraction of sp³-hybridized carbons (Fsp3) is 0.615. The van der Waals surface area contributed by atoms with Crippen molar-refractivity contribution in [3.8, 4) is 0 Å². The van der Waals surface area contributed by atoms with E-state index in [0.29, 0.717) is 31.7 Å². The van der Waals surface area contributed by atoms with Crippen molar-refractivity contribution in [1.82, 2.24) is 31.1 Å². The van der Waals surface area contributed by atoms with Gasteiger partial charge in [0.15, 0.2) is 0 Å². The van der Waals surface area contributed by atoms with Crippen molar-refractivity contribution in [1.29, 1.82) is 0 Å². The normalized spacial score (nSPS) is 28.8. The number of carbonyl (C=O) groups excluding carboxylic acids is 4. The van der Waals surface area contributed by atoms with Crippen LogP contribution >= 0.6 is 0 Å². The van der Waals surface area contributed by atoms with Gasteiger partial charge in [-0.25, -0.2) is 4.79 Å². The summed E-state index contributed by atoms with van der Waals surface area (Å²) in [6, 6.07) is 7.98. The first-order chi connectivity index (χ1) is 17.3. The number of urea groups is 1. The van der Waals surface area contributed by atoms with Crippen molar-refractivity contribution in [2.24, 2.45) is 0 Å². The molecule has 0 spiro atoms. The van der Waals surface area contributed by atoms with Gasteiger partial charge in [-0.15, -0.1) is 0 Å². The van der Waals surface area contributed by atoms with Crippen LogP contribution in [0, 0.1) is 0 Å². The molecule has 2 aliphatic heterocycles. The summed E-state index contributed by atoms with van der Waals surface area (Å²) in [5.41, 5.74) is 1.29. The summed E-state index contributed by atoms with van der Waals surface area (Å²) in [5, 5.41) is 11.5. The number of fused-ring (bicyclic) bond motifs is 1. The second-order valence-electron chi connectivity index (χ2n) is 10.1. The smallest absolute Gasteiger partial charge is 0.317 e. The highest BCUT2D eigenvalue weighted by atomic mass is 16.2. The number of benzene rings is 1. The number of hydrogen-bond donors (Lipinski definition) is 4. The van der Waals surface area contributed by atoms with Crippen molar-refractivity contribution in [2.75, 3.05) is 27.2 Å². The van der Waals surface area contributed by atoms with E-state index in [2.05, 4.69) is 33.4 Å². The molecule has 4 rings (SSSR count). The minimum Gasteiger partial charge on any atom is -0.352 e. The molecule has 196 valence electrons. The van der Waals surface area contributed by atoms with E-state index in [9.17, 15) is 19.2 Å². The number of nitrogens with zero attached hydrogens (tertiary/aromatic N) is 2. The summed E-state index contributed by atoms with van der Waals surface area (Å²) in [6.45, 7) is 2.20. The monoisotopic (exact) mass is 498 g/mol. The van der Waals surface area contributed by atoms with Crippen LogP contribution in [-0.4, -0.2) is 90.9 Å². The molecule has 1 saturated carbocycles. The fourth-order valence-electron chi connectivity index (χ4n) is 5.54. The fourth-order valence-corrected chi connectivity index (χ4v) is 5.54. The maximum atomic E-state index is 13.8. The van der Waals surface area contributed by atoms with E-state index in [4.69, 9.17) is 0 Å². The molecule has 1 aromatic carbocycles. The van der Waals surface area contributed by atoms with Crippen LogP contribution in [0.1, 0.15) is 50.5 Å². The van der Waals surface area contributed by atoms with Crippen LogP contribution < -0.4 is 21.3 Å². The number of hydrogen-bond acceptors (Lipinski definition) is 5. The number of rotatable bonds is 6. The van der Waals surface area contributed by atoms with Crippen molar-refractivity contribution < 1.29 is 19.2 Å². The van der Waals surface area contributed by atoms with Gasteiger partial charge in [0.05, 0.1) is 12.6 Å². The minimum atomic E-state index is -0.923. The number of amides is 5. The van der Waals surface area contributed by atoms with Gasteiger partial charge >= 0.3 is 6.03 Å². The molecule has 1 aromatic rings. The highest BCUT2D eigenvalue weighted by molar-refractivity contribution is 5.94. The molecule has 0 aromatic heterocycles. The third kappa shape index (κ3) is 5.48. The van der Waals surface area contributed by atoms with E-state index in [0.717, 1.165) is 12.8 Å². The predicted molar refractivity (Wildman–Crippen MR) is 135 cm³/mol. The molecule has 2 heterocycles. The van der Waals surface area contributed by atoms with E-state index in [1.54, 1.807) is 30.8 Å². The van der Waals surface area contributed by atoms with Gasteiger partial charge in [-0.2, -0.15) is 0 Å². The summed E-state index contributed by atoms with van der Waals surface area (Å²) in [7, 11) is 3.21. The van der Waals surface area contributed by atoms with Gasteiger partial charge in [-0.1, -0.05) is 30.3 Å². The first-order valence-corrected chi connectivity index (χ1v) is 12.9. The summed E-state index contributed by atoms with van der Waals surface area (Å²) < 4.78 is 0. The standard InChI is InChI=1S/C26H38N6O4/c1-16(27-2)23(33)30-21-15-31(26(36)28-3)12-11-20-9-10-22(32(20)25(21)35)24(34)29-19-13-18(14-19)17-7-5-4-6-8-17/h4-8,16,18-22,27H,9-15H2,1-3H3,(H,28,36)(H,29,34)(H,30,33). The Morgan fingerprint density at radius 2 is 1.72 bits per heavy atom. The number of nitrogens with one attached hydrogen (secondary N) is 4. The first-order valence-electron chi connectivity index (χ1n) is 12.9. The first kappa shape index (κ1) is 25.9. The van der Waals surface area contributed by atoms with E-state index in [1.807, 2.05) is 18.2 Å². The minimum absolute atomic E-state index is 0.0552. The Morgan fingerprint density at radius 3 is 2.39 bits per heavy atom. The van der Waals surface area contributed by atoms with Crippen molar-refractivity contribution >= 4 is 23.8 Å². The Morgan fingerprint density at radius 1 is 1.00 bits per heavy atom. The summed E-state index contributed by atoms with van der Waals surface area (Å²) in [4.78, 5) is 55.4. The van der Waals surface area contributed by atoms with Gasteiger partial charge in [0, 0.05) is 25.7 Å². The molecule has 3 aliphatic rings. The predicted octanol–water partition coefficient (Wildman–Crippen LogP) is 0.546. The highest BCUT2D eigenvalue weighted by Gasteiger charge is 2.46. The van der Waals surface area contributed by atoms with E-state index in [1.165, 1.54) is 5.56 Å². The average molecular weight is 499 g/mol. The zero-order valence-corrected chi connectivity index (χ0v) is 21.3. The summed E-state index contributed by atoms with van der Waals surface area (Å²) in [6.07, 6.45) is 3.64. The largest absolute Gasteiger partial charge is 0.352 e. The van der Waals surface area contributed by atoms with E-state index < -0.39 is 18.1 Å². The maximum Gasteiger partial charge on any atom is 0.317 e. The quantitative estimate of drug-likeness (QED) is 0.456. The van der Waals surface area contributed by atoms with Crippen LogP contribution in [0.5, 0.6) is 0 Å². The topological polar surface area (TPSA) is 123 Å². The molecule has 36 heavy (non-hydrogen) atoms. The molecule has 3 fully saturated rings. The van der Waals surface area contributed by atoms with Crippen molar-refractivity contribution in [3.63, 3.8) is 0 Å². The molecular formula is C26H38N6O4. The highest BCUT2D eigenvalue weighted by Crippen LogP contribution is 2.37. The van der Waals surface area contributed by atoms with Crippen LogP contribution in [0.25, 0.3) is 0 Å². The molecule has 5 amide bonds. The van der Waals surface area contributed by atoms with Gasteiger partial charge in [-0.3, -0.25) is 14.4 Å². The van der Waals surface area contributed by atoms with Crippen LogP contribution in [0.2, 0.25) is 0 Å². The molecule has 0 bridgehead atoms. The van der Waals surface area contributed by atoms with Gasteiger partial charge < -0.3 is 31.1 Å². The lowest BCUT2D eigenvalue weighted by atomic mass is 9.76. The molecule has 4 atom stereocenters. The third-order valence-corrected chi connectivity index (χ3v) is 7.89. The van der Waals surface area contributed by atoms with Gasteiger partial charge in [0.2, 0.25) is 17.7 Å². The zero-order chi connectivity index (χ0) is 25.8. The Balaban J connectivity index is 1.44. The molecule has 1 aliphatic carbocycles. The van der Waals surface area contributed by atoms with Crippen LogP contribution in [-0.2, 0) is 14.4 Å². The number of carbonyl (C=O) groups is 4. The number of likely N-dealkylation sites (N-methyl/N-ethyl adjacent to an activating group) is 1. The van der Waals surface area contributed by atoms with E-state index in [-0.39, 0.29) is 42.4 Å². The average Bonchev–Trinajstić information content (AvgIpc) is 3.29. The lowest BCUT2D eigenvalue weighted by Gasteiger charge is -2.40. The van der Waals surface area contributed by atoms with Crippen LogP contribution in [0.4, 0.5) is 4.79 Å². The van der Waals surface area contributed by atoms with Gasteiger partial charge in [-0.05, 0) is 57.6 Å². The Labute approximate surface area is 212 Å².